The molecular formula is C28H34N4O3. The Morgan fingerprint density at radius 2 is 1.97 bits per heavy atom. The van der Waals surface area contributed by atoms with E-state index in [1.807, 2.05) is 38.5 Å². The first-order valence-electron chi connectivity index (χ1n) is 12.0. The molecule has 0 fully saturated rings. The summed E-state index contributed by atoms with van der Waals surface area (Å²) in [5.74, 6) is 0.979. The van der Waals surface area contributed by atoms with E-state index >= 15 is 0 Å². The standard InChI is InChI=1S/C28H34N4O3/c1-7-8-9-12-32-23-14-19(18(4)29)10-11-20(23)15-24(32)27-30-22-13-21(28(33)35-17(2)3)16-25(34-6)26(22)31(27)5/h7,10-11,13-18H,1,8-9,12,29H2,2-6H3. The first-order valence-corrected chi connectivity index (χ1v) is 12.0. The smallest absolute Gasteiger partial charge is 0.338 e. The molecule has 2 aromatic heterocycles. The third-order valence-electron chi connectivity index (χ3n) is 6.21. The van der Waals surface area contributed by atoms with Gasteiger partial charge in [0.05, 0.1) is 30.0 Å². The van der Waals surface area contributed by atoms with E-state index in [4.69, 9.17) is 20.2 Å². The monoisotopic (exact) mass is 474 g/mol. The number of aromatic nitrogens is 3. The topological polar surface area (TPSA) is 84.3 Å². The van der Waals surface area contributed by atoms with Gasteiger partial charge in [-0.1, -0.05) is 18.2 Å². The van der Waals surface area contributed by atoms with Gasteiger partial charge in [0.1, 0.15) is 11.3 Å². The second-order valence-corrected chi connectivity index (χ2v) is 9.21. The van der Waals surface area contributed by atoms with Gasteiger partial charge in [-0.25, -0.2) is 9.78 Å². The third-order valence-corrected chi connectivity index (χ3v) is 6.21. The Bertz CT molecular complexity index is 1390. The van der Waals surface area contributed by atoms with Crippen molar-refractivity contribution in [1.29, 1.82) is 0 Å². The van der Waals surface area contributed by atoms with E-state index in [-0.39, 0.29) is 12.1 Å². The number of allylic oxidation sites excluding steroid dienone is 1. The number of benzene rings is 2. The number of rotatable bonds is 9. The van der Waals surface area contributed by atoms with E-state index in [1.165, 1.54) is 0 Å². The number of esters is 1. The molecule has 2 heterocycles. The fourth-order valence-corrected chi connectivity index (χ4v) is 4.47. The molecule has 0 spiro atoms. The molecule has 1 unspecified atom stereocenters. The van der Waals surface area contributed by atoms with Crippen LogP contribution in [0, 0.1) is 0 Å². The molecule has 4 aromatic rings. The minimum absolute atomic E-state index is 0.0524. The van der Waals surface area contributed by atoms with Crippen LogP contribution in [0.1, 0.15) is 55.6 Å². The number of carbonyl (C=O) groups excluding carboxylic acids is 1. The summed E-state index contributed by atoms with van der Waals surface area (Å²) in [6, 6.07) is 12.0. The van der Waals surface area contributed by atoms with E-state index in [0.29, 0.717) is 16.8 Å². The number of nitrogens with two attached hydrogens (primary N) is 1. The third kappa shape index (κ3) is 4.68. The molecule has 184 valence electrons. The summed E-state index contributed by atoms with van der Waals surface area (Å²) in [4.78, 5) is 17.6. The Morgan fingerprint density at radius 1 is 1.20 bits per heavy atom. The summed E-state index contributed by atoms with van der Waals surface area (Å²) >= 11 is 0. The van der Waals surface area contributed by atoms with Crippen molar-refractivity contribution < 1.29 is 14.3 Å². The molecule has 0 bridgehead atoms. The summed E-state index contributed by atoms with van der Waals surface area (Å²) < 4.78 is 15.4. The highest BCUT2D eigenvalue weighted by atomic mass is 16.5. The van der Waals surface area contributed by atoms with Crippen LogP contribution in [0.3, 0.4) is 0 Å². The number of imidazole rings is 1. The van der Waals surface area contributed by atoms with Gasteiger partial charge in [-0.05, 0) is 63.4 Å². The zero-order valence-electron chi connectivity index (χ0n) is 21.2. The van der Waals surface area contributed by atoms with Crippen LogP contribution in [0.4, 0.5) is 0 Å². The van der Waals surface area contributed by atoms with Gasteiger partial charge in [-0.15, -0.1) is 6.58 Å². The summed E-state index contributed by atoms with van der Waals surface area (Å²) in [5.41, 5.74) is 11.3. The van der Waals surface area contributed by atoms with E-state index in [0.717, 1.165) is 52.9 Å². The van der Waals surface area contributed by atoms with Crippen LogP contribution in [0.15, 0.2) is 49.1 Å². The molecule has 7 heteroatoms. The number of hydrogen-bond acceptors (Lipinski definition) is 5. The lowest BCUT2D eigenvalue weighted by molar-refractivity contribution is 0.0377. The van der Waals surface area contributed by atoms with Gasteiger partial charge < -0.3 is 24.3 Å². The molecule has 0 aliphatic heterocycles. The van der Waals surface area contributed by atoms with Gasteiger partial charge in [0.25, 0.3) is 0 Å². The quantitative estimate of drug-likeness (QED) is 0.190. The zero-order valence-corrected chi connectivity index (χ0v) is 21.2. The van der Waals surface area contributed by atoms with Gasteiger partial charge in [-0.3, -0.25) is 0 Å². The molecule has 2 aromatic carbocycles. The Labute approximate surface area is 206 Å². The average Bonchev–Trinajstić information content (AvgIpc) is 3.35. The van der Waals surface area contributed by atoms with Crippen molar-refractivity contribution in [1.82, 2.24) is 14.1 Å². The largest absolute Gasteiger partial charge is 0.494 e. The highest BCUT2D eigenvalue weighted by Crippen LogP contribution is 2.35. The van der Waals surface area contributed by atoms with Gasteiger partial charge in [0.15, 0.2) is 5.82 Å². The number of fused-ring (bicyclic) bond motifs is 2. The second-order valence-electron chi connectivity index (χ2n) is 9.21. The van der Waals surface area contributed by atoms with Crippen molar-refractivity contribution in [3.8, 4) is 17.3 Å². The Balaban J connectivity index is 1.91. The lowest BCUT2D eigenvalue weighted by Crippen LogP contribution is -2.11. The average molecular weight is 475 g/mol. The molecule has 2 N–H and O–H groups in total. The molecule has 0 radical (unpaired) electrons. The van der Waals surface area contributed by atoms with Crippen molar-refractivity contribution in [2.45, 2.75) is 52.3 Å². The molecule has 1 atom stereocenters. The van der Waals surface area contributed by atoms with Crippen molar-refractivity contribution >= 4 is 27.9 Å². The van der Waals surface area contributed by atoms with Crippen LogP contribution in [0.5, 0.6) is 5.75 Å². The Kier molecular flexibility index (Phi) is 6.98. The Morgan fingerprint density at radius 3 is 2.63 bits per heavy atom. The first-order chi connectivity index (χ1) is 16.7. The molecule has 0 amide bonds. The van der Waals surface area contributed by atoms with Gasteiger partial charge >= 0.3 is 5.97 Å². The number of methoxy groups -OCH3 is 1. The van der Waals surface area contributed by atoms with Gasteiger partial charge in [0, 0.05) is 30.5 Å². The highest BCUT2D eigenvalue weighted by molar-refractivity contribution is 5.97. The zero-order chi connectivity index (χ0) is 25.3. The fourth-order valence-electron chi connectivity index (χ4n) is 4.47. The number of ether oxygens (including phenoxy) is 2. The van der Waals surface area contributed by atoms with Crippen molar-refractivity contribution in [3.05, 3.63) is 60.2 Å². The maximum Gasteiger partial charge on any atom is 0.338 e. The maximum absolute atomic E-state index is 12.6. The predicted molar refractivity (Wildman–Crippen MR) is 141 cm³/mol. The SMILES string of the molecule is C=CCCCn1c(-c2nc3cc(C(=O)OC(C)C)cc(OC)c3n2C)cc2ccc(C(C)N)cc21. The summed E-state index contributed by atoms with van der Waals surface area (Å²) in [7, 11) is 3.57. The number of unbranched alkanes of at least 4 members (excludes halogenated alkanes) is 1. The van der Waals surface area contributed by atoms with E-state index in [2.05, 4.69) is 35.4 Å². The van der Waals surface area contributed by atoms with E-state index < -0.39 is 5.97 Å². The summed E-state index contributed by atoms with van der Waals surface area (Å²) in [6.07, 6.45) is 3.61. The fraction of sp³-hybridized carbons (Fsp3) is 0.357. The van der Waals surface area contributed by atoms with Crippen LogP contribution >= 0.6 is 0 Å². The highest BCUT2D eigenvalue weighted by Gasteiger charge is 2.22. The molecule has 35 heavy (non-hydrogen) atoms. The van der Waals surface area contributed by atoms with Crippen LogP contribution in [0.2, 0.25) is 0 Å². The van der Waals surface area contributed by atoms with Crippen molar-refractivity contribution in [2.24, 2.45) is 12.8 Å². The molecular weight excluding hydrogens is 440 g/mol. The molecule has 0 saturated heterocycles. The minimum atomic E-state index is -0.394. The van der Waals surface area contributed by atoms with E-state index in [9.17, 15) is 4.79 Å². The van der Waals surface area contributed by atoms with E-state index in [1.54, 1.807) is 19.2 Å². The number of nitrogens with zero attached hydrogens (tertiary/aromatic N) is 3. The Hall–Kier alpha value is -3.58. The number of hydrogen-bond donors (Lipinski definition) is 1. The number of carbonyl (C=O) groups is 1. The molecule has 0 aliphatic rings. The normalized spacial score (nSPS) is 12.4. The lowest BCUT2D eigenvalue weighted by atomic mass is 10.1. The van der Waals surface area contributed by atoms with Gasteiger partial charge in [0.2, 0.25) is 0 Å². The summed E-state index contributed by atoms with van der Waals surface area (Å²) in [6.45, 7) is 10.3. The predicted octanol–water partition coefficient (Wildman–Crippen LogP) is 5.75. The minimum Gasteiger partial charge on any atom is -0.494 e. The van der Waals surface area contributed by atoms with Crippen LogP contribution in [-0.4, -0.2) is 33.3 Å². The molecule has 0 aliphatic carbocycles. The first kappa shape index (κ1) is 24.5. The number of aryl methyl sites for hydroxylation is 2. The van der Waals surface area contributed by atoms with Crippen molar-refractivity contribution in [3.63, 3.8) is 0 Å². The molecule has 7 nitrogen and oxygen atoms in total. The molecule has 0 saturated carbocycles. The summed E-state index contributed by atoms with van der Waals surface area (Å²) in [5, 5.41) is 1.13. The van der Waals surface area contributed by atoms with Crippen LogP contribution in [-0.2, 0) is 18.3 Å². The lowest BCUT2D eigenvalue weighted by Gasteiger charge is -2.12. The molecule has 4 rings (SSSR count). The maximum atomic E-state index is 12.6. The second kappa shape index (κ2) is 9.96. The van der Waals surface area contributed by atoms with Gasteiger partial charge in [-0.2, -0.15) is 0 Å². The van der Waals surface area contributed by atoms with Crippen LogP contribution < -0.4 is 10.5 Å². The van der Waals surface area contributed by atoms with Crippen molar-refractivity contribution in [2.75, 3.05) is 7.11 Å². The van der Waals surface area contributed by atoms with Crippen LogP contribution in [0.25, 0.3) is 33.5 Å².